The summed E-state index contributed by atoms with van der Waals surface area (Å²) in [5.74, 6) is -0.490. The van der Waals surface area contributed by atoms with Crippen molar-refractivity contribution in [2.24, 2.45) is 0 Å². The van der Waals surface area contributed by atoms with Crippen LogP contribution < -0.4 is 5.32 Å². The third-order valence-electron chi connectivity index (χ3n) is 2.31. The molecule has 0 atom stereocenters. The van der Waals surface area contributed by atoms with E-state index in [2.05, 4.69) is 15.0 Å². The van der Waals surface area contributed by atoms with Crippen LogP contribution in [-0.4, -0.2) is 17.6 Å². The van der Waals surface area contributed by atoms with E-state index >= 15 is 0 Å². The summed E-state index contributed by atoms with van der Waals surface area (Å²) in [5, 5.41) is 6.16. The molecule has 0 bridgehead atoms. The third-order valence-corrected chi connectivity index (χ3v) is 2.31. The Morgan fingerprint density at radius 2 is 2.12 bits per heavy atom. The van der Waals surface area contributed by atoms with Gasteiger partial charge in [0.05, 0.1) is 11.8 Å². The maximum Gasteiger partial charge on any atom is 0.256 e. The van der Waals surface area contributed by atoms with Gasteiger partial charge in [-0.3, -0.25) is 4.79 Å². The second-order valence-electron chi connectivity index (χ2n) is 3.55. The second-order valence-corrected chi connectivity index (χ2v) is 3.55. The van der Waals surface area contributed by atoms with Crippen LogP contribution in [0.25, 0.3) is 0 Å². The lowest BCUT2D eigenvalue weighted by Crippen LogP contribution is -2.25. The first-order chi connectivity index (χ1) is 8.25. The molecular weight excluding hydrogens is 223 g/mol. The monoisotopic (exact) mass is 234 g/mol. The van der Waals surface area contributed by atoms with Crippen LogP contribution in [0.2, 0.25) is 0 Å². The molecule has 0 radical (unpaired) electrons. The van der Waals surface area contributed by atoms with Gasteiger partial charge in [-0.2, -0.15) is 0 Å². The molecule has 88 valence electrons. The molecule has 0 aliphatic carbocycles. The summed E-state index contributed by atoms with van der Waals surface area (Å²) in [7, 11) is 0. The van der Waals surface area contributed by atoms with Gasteiger partial charge in [-0.05, 0) is 24.1 Å². The molecule has 1 aromatic carbocycles. The van der Waals surface area contributed by atoms with E-state index in [-0.39, 0.29) is 11.7 Å². The number of amides is 1. The Hall–Kier alpha value is -2.17. The van der Waals surface area contributed by atoms with Crippen LogP contribution in [0.1, 0.15) is 15.9 Å². The summed E-state index contributed by atoms with van der Waals surface area (Å²) in [5.41, 5.74) is 1.36. The van der Waals surface area contributed by atoms with Crippen molar-refractivity contribution in [2.45, 2.75) is 6.42 Å². The van der Waals surface area contributed by atoms with Gasteiger partial charge in [-0.25, -0.2) is 4.39 Å². The van der Waals surface area contributed by atoms with E-state index in [1.54, 1.807) is 12.1 Å². The minimum Gasteiger partial charge on any atom is -0.364 e. The minimum absolute atomic E-state index is 0.228. The predicted octanol–water partition coefficient (Wildman–Crippen LogP) is 1.79. The number of aromatic nitrogens is 1. The summed E-state index contributed by atoms with van der Waals surface area (Å²) in [6.45, 7) is 0.482. The Morgan fingerprint density at radius 3 is 2.76 bits per heavy atom. The third kappa shape index (κ3) is 3.14. The molecule has 2 aromatic rings. The Labute approximate surface area is 97.4 Å². The van der Waals surface area contributed by atoms with Crippen molar-refractivity contribution in [3.05, 3.63) is 53.7 Å². The number of rotatable bonds is 4. The van der Waals surface area contributed by atoms with Gasteiger partial charge in [-0.1, -0.05) is 17.3 Å². The second kappa shape index (κ2) is 5.25. The first kappa shape index (κ1) is 11.3. The minimum atomic E-state index is -0.262. The molecule has 0 aliphatic heterocycles. The normalized spacial score (nSPS) is 10.2. The molecular formula is C12H11FN2O2. The topological polar surface area (TPSA) is 55.1 Å². The Balaban J connectivity index is 1.80. The Morgan fingerprint density at radius 1 is 1.35 bits per heavy atom. The van der Waals surface area contributed by atoms with Crippen molar-refractivity contribution >= 4 is 5.91 Å². The van der Waals surface area contributed by atoms with Crippen LogP contribution in [0, 0.1) is 5.82 Å². The highest BCUT2D eigenvalue weighted by molar-refractivity contribution is 5.93. The smallest absolute Gasteiger partial charge is 0.256 e. The fourth-order valence-corrected chi connectivity index (χ4v) is 1.39. The molecule has 0 saturated heterocycles. The van der Waals surface area contributed by atoms with Crippen molar-refractivity contribution in [1.82, 2.24) is 10.5 Å². The number of carbonyl (C=O) groups excluding carboxylic acids is 1. The zero-order valence-corrected chi connectivity index (χ0v) is 9.02. The van der Waals surface area contributed by atoms with Gasteiger partial charge in [0.15, 0.2) is 0 Å². The molecule has 0 saturated carbocycles. The van der Waals surface area contributed by atoms with Crippen molar-refractivity contribution < 1.29 is 13.7 Å². The zero-order chi connectivity index (χ0) is 12.1. The van der Waals surface area contributed by atoms with Gasteiger partial charge in [0.25, 0.3) is 5.91 Å². The number of hydrogen-bond acceptors (Lipinski definition) is 3. The largest absolute Gasteiger partial charge is 0.364 e. The molecule has 0 aliphatic rings. The highest BCUT2D eigenvalue weighted by atomic mass is 19.1. The lowest BCUT2D eigenvalue weighted by atomic mass is 10.1. The zero-order valence-electron chi connectivity index (χ0n) is 9.02. The van der Waals surface area contributed by atoms with Crippen LogP contribution in [0.3, 0.4) is 0 Å². The number of nitrogens with zero attached hydrogens (tertiary/aromatic N) is 1. The average Bonchev–Trinajstić information content (AvgIpc) is 2.85. The fourth-order valence-electron chi connectivity index (χ4n) is 1.39. The highest BCUT2D eigenvalue weighted by Gasteiger charge is 2.06. The predicted molar refractivity (Wildman–Crippen MR) is 58.9 cm³/mol. The van der Waals surface area contributed by atoms with Crippen LogP contribution in [-0.2, 0) is 6.42 Å². The van der Waals surface area contributed by atoms with E-state index in [9.17, 15) is 9.18 Å². The Bertz CT molecular complexity index is 480. The number of benzene rings is 1. The number of nitrogens with one attached hydrogen (secondary N) is 1. The van der Waals surface area contributed by atoms with Crippen LogP contribution in [0.5, 0.6) is 0 Å². The molecule has 5 heteroatoms. The molecule has 2 rings (SSSR count). The molecule has 0 fully saturated rings. The van der Waals surface area contributed by atoms with Crippen molar-refractivity contribution in [2.75, 3.05) is 6.54 Å². The molecule has 1 heterocycles. The molecule has 1 aromatic heterocycles. The SMILES string of the molecule is O=C(NCCc1ccc(F)cc1)c1cnoc1. The summed E-state index contributed by atoms with van der Waals surface area (Å²) in [6.07, 6.45) is 3.29. The van der Waals surface area contributed by atoms with Crippen molar-refractivity contribution in [1.29, 1.82) is 0 Å². The molecule has 4 nitrogen and oxygen atoms in total. The van der Waals surface area contributed by atoms with E-state index in [0.29, 0.717) is 18.5 Å². The van der Waals surface area contributed by atoms with E-state index in [1.807, 2.05) is 0 Å². The molecule has 0 unspecified atom stereocenters. The van der Waals surface area contributed by atoms with Gasteiger partial charge in [0, 0.05) is 6.54 Å². The number of carbonyl (C=O) groups is 1. The van der Waals surface area contributed by atoms with Gasteiger partial charge in [-0.15, -0.1) is 0 Å². The summed E-state index contributed by atoms with van der Waals surface area (Å²) < 4.78 is 17.2. The van der Waals surface area contributed by atoms with Crippen molar-refractivity contribution in [3.8, 4) is 0 Å². The lowest BCUT2D eigenvalue weighted by molar-refractivity contribution is 0.0953. The molecule has 0 spiro atoms. The van der Waals surface area contributed by atoms with Gasteiger partial charge >= 0.3 is 0 Å². The Kier molecular flexibility index (Phi) is 3.49. The van der Waals surface area contributed by atoms with Crippen molar-refractivity contribution in [3.63, 3.8) is 0 Å². The summed E-state index contributed by atoms with van der Waals surface area (Å²) in [6, 6.07) is 6.19. The number of hydrogen-bond donors (Lipinski definition) is 1. The average molecular weight is 234 g/mol. The maximum atomic E-state index is 12.6. The first-order valence-electron chi connectivity index (χ1n) is 5.18. The molecule has 1 amide bonds. The summed E-state index contributed by atoms with van der Waals surface area (Å²) >= 11 is 0. The van der Waals surface area contributed by atoms with Gasteiger partial charge in [0.2, 0.25) is 0 Å². The number of halogens is 1. The van der Waals surface area contributed by atoms with E-state index in [0.717, 1.165) is 5.56 Å². The van der Waals surface area contributed by atoms with E-state index in [1.165, 1.54) is 24.6 Å². The van der Waals surface area contributed by atoms with Crippen LogP contribution in [0.4, 0.5) is 4.39 Å². The fraction of sp³-hybridized carbons (Fsp3) is 0.167. The van der Waals surface area contributed by atoms with E-state index < -0.39 is 0 Å². The molecule has 17 heavy (non-hydrogen) atoms. The van der Waals surface area contributed by atoms with Crippen LogP contribution >= 0.6 is 0 Å². The standard InChI is InChI=1S/C12H11FN2O2/c13-11-3-1-9(2-4-11)5-6-14-12(16)10-7-15-17-8-10/h1-4,7-8H,5-6H2,(H,14,16). The van der Waals surface area contributed by atoms with Crippen LogP contribution in [0.15, 0.2) is 41.2 Å². The first-order valence-corrected chi connectivity index (χ1v) is 5.18. The van der Waals surface area contributed by atoms with Gasteiger partial charge < -0.3 is 9.84 Å². The molecule has 1 N–H and O–H groups in total. The lowest BCUT2D eigenvalue weighted by Gasteiger charge is -2.03. The maximum absolute atomic E-state index is 12.6. The summed E-state index contributed by atoms with van der Waals surface area (Å²) in [4.78, 5) is 11.5. The highest BCUT2D eigenvalue weighted by Crippen LogP contribution is 2.03. The van der Waals surface area contributed by atoms with Gasteiger partial charge in [0.1, 0.15) is 12.1 Å². The quantitative estimate of drug-likeness (QED) is 0.877. The van der Waals surface area contributed by atoms with E-state index in [4.69, 9.17) is 0 Å².